The molecule has 0 heterocycles. The molecule has 0 bridgehead atoms. The van der Waals surface area contributed by atoms with Crippen LogP contribution in [-0.2, 0) is 9.47 Å². The van der Waals surface area contributed by atoms with Gasteiger partial charge in [-0.3, -0.25) is 0 Å². The molecule has 0 amide bonds. The Bertz CT molecular complexity index is 121. The summed E-state index contributed by atoms with van der Waals surface area (Å²) in [6, 6.07) is 0. The maximum Gasteiger partial charge on any atom is 0.0745 e. The molecule has 0 aliphatic rings. The SMILES string of the molecule is C[C@@H](O)COCCCCCCOC[C@@H](C)O. The number of ether oxygens (including phenoxy) is 2. The second-order valence-electron chi connectivity index (χ2n) is 4.26. The molecule has 0 aromatic carbocycles. The minimum Gasteiger partial charge on any atom is -0.391 e. The Morgan fingerprint density at radius 3 is 1.44 bits per heavy atom. The zero-order chi connectivity index (χ0) is 12.2. The lowest BCUT2D eigenvalue weighted by Gasteiger charge is -2.07. The first-order chi connectivity index (χ1) is 7.63. The van der Waals surface area contributed by atoms with E-state index in [0.717, 1.165) is 38.9 Å². The topological polar surface area (TPSA) is 58.9 Å². The highest BCUT2D eigenvalue weighted by Crippen LogP contribution is 2.01. The van der Waals surface area contributed by atoms with Crippen LogP contribution in [0.15, 0.2) is 0 Å². The summed E-state index contributed by atoms with van der Waals surface area (Å²) in [5, 5.41) is 17.9. The molecule has 0 fully saturated rings. The maximum atomic E-state index is 8.93. The third kappa shape index (κ3) is 13.8. The monoisotopic (exact) mass is 234 g/mol. The van der Waals surface area contributed by atoms with Gasteiger partial charge in [-0.05, 0) is 26.7 Å². The Morgan fingerprint density at radius 2 is 1.12 bits per heavy atom. The van der Waals surface area contributed by atoms with Crippen molar-refractivity contribution >= 4 is 0 Å². The number of hydrogen-bond acceptors (Lipinski definition) is 4. The zero-order valence-corrected chi connectivity index (χ0v) is 10.5. The molecule has 0 radical (unpaired) electrons. The molecule has 2 N–H and O–H groups in total. The predicted octanol–water partition coefficient (Wildman–Crippen LogP) is 1.34. The summed E-state index contributed by atoms with van der Waals surface area (Å²) in [6.07, 6.45) is 3.57. The van der Waals surface area contributed by atoms with Gasteiger partial charge in [0.15, 0.2) is 0 Å². The molecule has 0 aromatic heterocycles. The molecule has 98 valence electrons. The Hall–Kier alpha value is -0.160. The molecule has 4 heteroatoms. The highest BCUT2D eigenvalue weighted by atomic mass is 16.5. The van der Waals surface area contributed by atoms with Crippen LogP contribution in [0, 0.1) is 0 Å². The predicted molar refractivity (Wildman–Crippen MR) is 63.5 cm³/mol. The highest BCUT2D eigenvalue weighted by Gasteiger charge is 1.96. The van der Waals surface area contributed by atoms with E-state index in [1.165, 1.54) is 0 Å². The Kier molecular flexibility index (Phi) is 11.2. The quantitative estimate of drug-likeness (QED) is 0.530. The van der Waals surface area contributed by atoms with Gasteiger partial charge in [-0.1, -0.05) is 12.8 Å². The summed E-state index contributed by atoms with van der Waals surface area (Å²) in [6.45, 7) is 5.74. The molecule has 0 aromatic rings. The Balaban J connectivity index is 2.93. The molecular formula is C12H26O4. The van der Waals surface area contributed by atoms with E-state index in [4.69, 9.17) is 19.7 Å². The average molecular weight is 234 g/mol. The lowest BCUT2D eigenvalue weighted by Crippen LogP contribution is -2.11. The van der Waals surface area contributed by atoms with E-state index in [1.807, 2.05) is 0 Å². The third-order valence-corrected chi connectivity index (χ3v) is 2.05. The second-order valence-corrected chi connectivity index (χ2v) is 4.26. The minimum absolute atomic E-state index is 0.367. The summed E-state index contributed by atoms with van der Waals surface area (Å²) >= 11 is 0. The molecule has 0 spiro atoms. The molecule has 0 aliphatic carbocycles. The van der Waals surface area contributed by atoms with E-state index in [9.17, 15) is 0 Å². The van der Waals surface area contributed by atoms with Gasteiger partial charge in [0.2, 0.25) is 0 Å². The number of rotatable bonds is 11. The van der Waals surface area contributed by atoms with Crippen molar-refractivity contribution < 1.29 is 19.7 Å². The van der Waals surface area contributed by atoms with Gasteiger partial charge in [-0.15, -0.1) is 0 Å². The van der Waals surface area contributed by atoms with E-state index >= 15 is 0 Å². The van der Waals surface area contributed by atoms with Gasteiger partial charge in [0.1, 0.15) is 0 Å². The van der Waals surface area contributed by atoms with Crippen LogP contribution in [0.1, 0.15) is 39.5 Å². The fraction of sp³-hybridized carbons (Fsp3) is 1.00. The summed E-state index contributed by atoms with van der Waals surface area (Å²) in [5.41, 5.74) is 0. The van der Waals surface area contributed by atoms with Crippen LogP contribution in [0.5, 0.6) is 0 Å². The van der Waals surface area contributed by atoms with Gasteiger partial charge < -0.3 is 19.7 Å². The van der Waals surface area contributed by atoms with Crippen LogP contribution in [0.25, 0.3) is 0 Å². The lowest BCUT2D eigenvalue weighted by molar-refractivity contribution is 0.0404. The summed E-state index contributed by atoms with van der Waals surface area (Å²) in [4.78, 5) is 0. The van der Waals surface area contributed by atoms with Crippen LogP contribution in [0.2, 0.25) is 0 Å². The molecule has 2 atom stereocenters. The normalized spacial score (nSPS) is 15.0. The molecule has 0 saturated heterocycles. The minimum atomic E-state index is -0.367. The van der Waals surface area contributed by atoms with Crippen molar-refractivity contribution in [3.8, 4) is 0 Å². The van der Waals surface area contributed by atoms with E-state index < -0.39 is 0 Å². The zero-order valence-electron chi connectivity index (χ0n) is 10.5. The van der Waals surface area contributed by atoms with Gasteiger partial charge in [0, 0.05) is 13.2 Å². The van der Waals surface area contributed by atoms with Crippen molar-refractivity contribution in [3.05, 3.63) is 0 Å². The molecule has 0 aliphatic heterocycles. The first-order valence-electron chi connectivity index (χ1n) is 6.14. The molecule has 0 rings (SSSR count). The van der Waals surface area contributed by atoms with Crippen LogP contribution in [0.4, 0.5) is 0 Å². The second kappa shape index (κ2) is 11.3. The summed E-state index contributed by atoms with van der Waals surface area (Å²) in [7, 11) is 0. The van der Waals surface area contributed by atoms with Crippen molar-refractivity contribution in [1.29, 1.82) is 0 Å². The fourth-order valence-corrected chi connectivity index (χ4v) is 1.27. The molecule has 0 saturated carbocycles. The summed E-state index contributed by atoms with van der Waals surface area (Å²) < 4.78 is 10.5. The van der Waals surface area contributed by atoms with Crippen molar-refractivity contribution in [2.45, 2.75) is 51.7 Å². The molecule has 0 unspecified atom stereocenters. The van der Waals surface area contributed by atoms with E-state index in [1.54, 1.807) is 13.8 Å². The fourth-order valence-electron chi connectivity index (χ4n) is 1.27. The molecule has 16 heavy (non-hydrogen) atoms. The van der Waals surface area contributed by atoms with Crippen molar-refractivity contribution in [2.24, 2.45) is 0 Å². The van der Waals surface area contributed by atoms with Gasteiger partial charge in [-0.2, -0.15) is 0 Å². The van der Waals surface area contributed by atoms with E-state index in [0.29, 0.717) is 13.2 Å². The first kappa shape index (κ1) is 15.8. The number of unbranched alkanes of at least 4 members (excludes halogenated alkanes) is 3. The van der Waals surface area contributed by atoms with Gasteiger partial charge in [0.05, 0.1) is 25.4 Å². The molecular weight excluding hydrogens is 208 g/mol. The maximum absolute atomic E-state index is 8.93. The molecule has 4 nitrogen and oxygen atoms in total. The van der Waals surface area contributed by atoms with Crippen molar-refractivity contribution in [2.75, 3.05) is 26.4 Å². The van der Waals surface area contributed by atoms with Gasteiger partial charge in [0.25, 0.3) is 0 Å². The van der Waals surface area contributed by atoms with Crippen LogP contribution in [0.3, 0.4) is 0 Å². The Labute approximate surface area is 98.6 Å². The summed E-state index contributed by atoms with van der Waals surface area (Å²) in [5.74, 6) is 0. The largest absolute Gasteiger partial charge is 0.391 e. The third-order valence-electron chi connectivity index (χ3n) is 2.05. The van der Waals surface area contributed by atoms with Crippen molar-refractivity contribution in [3.63, 3.8) is 0 Å². The van der Waals surface area contributed by atoms with Crippen LogP contribution < -0.4 is 0 Å². The van der Waals surface area contributed by atoms with Crippen molar-refractivity contribution in [1.82, 2.24) is 0 Å². The average Bonchev–Trinajstić information content (AvgIpc) is 2.20. The smallest absolute Gasteiger partial charge is 0.0745 e. The highest BCUT2D eigenvalue weighted by molar-refractivity contribution is 4.46. The van der Waals surface area contributed by atoms with Gasteiger partial charge in [-0.25, -0.2) is 0 Å². The van der Waals surface area contributed by atoms with Crippen LogP contribution in [-0.4, -0.2) is 48.8 Å². The van der Waals surface area contributed by atoms with E-state index in [-0.39, 0.29) is 12.2 Å². The van der Waals surface area contributed by atoms with E-state index in [2.05, 4.69) is 0 Å². The lowest BCUT2D eigenvalue weighted by atomic mass is 10.2. The first-order valence-corrected chi connectivity index (χ1v) is 6.14. The number of aliphatic hydroxyl groups is 2. The standard InChI is InChI=1S/C12H26O4/c1-11(13)9-15-7-5-3-4-6-8-16-10-12(2)14/h11-14H,3-10H2,1-2H3/t11-,12-/m1/s1. The van der Waals surface area contributed by atoms with Gasteiger partial charge >= 0.3 is 0 Å². The number of hydrogen-bond donors (Lipinski definition) is 2. The van der Waals surface area contributed by atoms with Crippen LogP contribution >= 0.6 is 0 Å². The Morgan fingerprint density at radius 1 is 0.750 bits per heavy atom. The number of aliphatic hydroxyl groups excluding tert-OH is 2.